The van der Waals surface area contributed by atoms with Crippen molar-refractivity contribution in [3.8, 4) is 16.9 Å². The molecule has 5 heteroatoms. The molecule has 0 atom stereocenters. The fourth-order valence-corrected chi connectivity index (χ4v) is 2.08. The Morgan fingerprint density at radius 2 is 2.00 bits per heavy atom. The van der Waals surface area contributed by atoms with Gasteiger partial charge in [0.15, 0.2) is 5.82 Å². The van der Waals surface area contributed by atoms with Crippen LogP contribution < -0.4 is 0 Å². The van der Waals surface area contributed by atoms with Gasteiger partial charge < -0.3 is 0 Å². The maximum Gasteiger partial charge on any atom is 0.175 e. The molecule has 0 saturated heterocycles. The molecule has 0 aliphatic carbocycles. The van der Waals surface area contributed by atoms with Gasteiger partial charge in [0, 0.05) is 22.4 Å². The van der Waals surface area contributed by atoms with E-state index in [0.717, 1.165) is 15.6 Å². The summed E-state index contributed by atoms with van der Waals surface area (Å²) >= 11 is 3.46. The Morgan fingerprint density at radius 1 is 1.06 bits per heavy atom. The van der Waals surface area contributed by atoms with Crippen LogP contribution in [-0.4, -0.2) is 20.0 Å². The van der Waals surface area contributed by atoms with Crippen LogP contribution in [0.5, 0.6) is 0 Å². The highest BCUT2D eigenvalue weighted by Gasteiger charge is 2.04. The first kappa shape index (κ1) is 11.1. The molecule has 0 spiro atoms. The topological polar surface area (TPSA) is 43.6 Å². The second-order valence-electron chi connectivity index (χ2n) is 3.77. The molecular formula is C13H9BrN4. The highest BCUT2D eigenvalue weighted by molar-refractivity contribution is 9.10. The van der Waals surface area contributed by atoms with Crippen molar-refractivity contribution in [2.24, 2.45) is 0 Å². The van der Waals surface area contributed by atoms with Crippen LogP contribution in [0.1, 0.15) is 0 Å². The third-order valence-corrected chi connectivity index (χ3v) is 3.03. The normalized spacial score (nSPS) is 10.5. The largest absolute Gasteiger partial charge is 0.220 e. The van der Waals surface area contributed by atoms with E-state index in [0.29, 0.717) is 5.82 Å². The lowest BCUT2D eigenvalue weighted by Crippen LogP contribution is -1.97. The molecule has 0 bridgehead atoms. The average Bonchev–Trinajstić information content (AvgIpc) is 2.89. The van der Waals surface area contributed by atoms with Gasteiger partial charge in [-0.05, 0) is 29.8 Å². The molecule has 0 amide bonds. The summed E-state index contributed by atoms with van der Waals surface area (Å²) in [5, 5.41) is 12.1. The van der Waals surface area contributed by atoms with Crippen LogP contribution >= 0.6 is 15.9 Å². The number of aromatic nitrogens is 4. The van der Waals surface area contributed by atoms with Gasteiger partial charge >= 0.3 is 0 Å². The summed E-state index contributed by atoms with van der Waals surface area (Å²) in [4.78, 5) is 0. The van der Waals surface area contributed by atoms with Gasteiger partial charge in [0.2, 0.25) is 0 Å². The summed E-state index contributed by atoms with van der Waals surface area (Å²) in [5.41, 5.74) is 2.15. The van der Waals surface area contributed by atoms with Crippen molar-refractivity contribution in [2.45, 2.75) is 0 Å². The van der Waals surface area contributed by atoms with Gasteiger partial charge in [-0.2, -0.15) is 10.2 Å². The Balaban J connectivity index is 2.00. The predicted octanol–water partition coefficient (Wildman–Crippen LogP) is 3.09. The molecule has 0 aliphatic heterocycles. The molecule has 1 aromatic carbocycles. The summed E-state index contributed by atoms with van der Waals surface area (Å²) < 4.78 is 2.76. The molecular weight excluding hydrogens is 292 g/mol. The minimum atomic E-state index is 0.707. The Labute approximate surface area is 112 Å². The molecule has 0 saturated carbocycles. The van der Waals surface area contributed by atoms with Crippen LogP contribution in [0.2, 0.25) is 0 Å². The van der Waals surface area contributed by atoms with Gasteiger partial charge in [0.05, 0.1) is 6.20 Å². The number of nitrogens with zero attached hydrogens (tertiary/aromatic N) is 4. The number of halogens is 1. The van der Waals surface area contributed by atoms with E-state index in [1.807, 2.05) is 42.7 Å². The number of hydrogen-bond donors (Lipinski definition) is 0. The van der Waals surface area contributed by atoms with Crippen molar-refractivity contribution in [1.82, 2.24) is 20.0 Å². The quantitative estimate of drug-likeness (QED) is 0.730. The van der Waals surface area contributed by atoms with E-state index in [2.05, 4.69) is 37.3 Å². The van der Waals surface area contributed by atoms with Crippen LogP contribution in [0.3, 0.4) is 0 Å². The maximum absolute atomic E-state index is 4.29. The van der Waals surface area contributed by atoms with E-state index in [4.69, 9.17) is 0 Å². The molecule has 0 unspecified atom stereocenters. The summed E-state index contributed by atoms with van der Waals surface area (Å²) in [5.74, 6) is 0.707. The number of benzene rings is 1. The molecule has 0 N–H and O–H groups in total. The molecule has 2 heterocycles. The average molecular weight is 301 g/mol. The molecule has 0 aliphatic rings. The van der Waals surface area contributed by atoms with E-state index < -0.39 is 0 Å². The summed E-state index contributed by atoms with van der Waals surface area (Å²) in [6.45, 7) is 0. The van der Waals surface area contributed by atoms with E-state index in [1.165, 1.54) is 0 Å². The van der Waals surface area contributed by atoms with Crippen LogP contribution in [0.15, 0.2) is 59.5 Å². The van der Waals surface area contributed by atoms with Gasteiger partial charge in [0.25, 0.3) is 0 Å². The first-order valence-corrected chi connectivity index (χ1v) is 6.21. The number of rotatable bonds is 2. The minimum absolute atomic E-state index is 0.707. The third kappa shape index (κ3) is 2.17. The molecule has 0 fully saturated rings. The lowest BCUT2D eigenvalue weighted by atomic mass is 10.1. The molecule has 0 radical (unpaired) electrons. The second-order valence-corrected chi connectivity index (χ2v) is 4.68. The van der Waals surface area contributed by atoms with Crippen molar-refractivity contribution < 1.29 is 0 Å². The fraction of sp³-hybridized carbons (Fsp3) is 0. The Morgan fingerprint density at radius 3 is 2.78 bits per heavy atom. The highest BCUT2D eigenvalue weighted by atomic mass is 79.9. The minimum Gasteiger partial charge on any atom is -0.220 e. The van der Waals surface area contributed by atoms with Crippen molar-refractivity contribution in [3.05, 3.63) is 59.5 Å². The van der Waals surface area contributed by atoms with Crippen molar-refractivity contribution in [3.63, 3.8) is 0 Å². The second kappa shape index (κ2) is 4.70. The molecule has 3 aromatic rings. The van der Waals surface area contributed by atoms with Crippen LogP contribution in [0, 0.1) is 0 Å². The molecule has 18 heavy (non-hydrogen) atoms. The lowest BCUT2D eigenvalue weighted by Gasteiger charge is -1.98. The van der Waals surface area contributed by atoms with E-state index in [1.54, 1.807) is 10.9 Å². The molecule has 3 rings (SSSR count). The zero-order chi connectivity index (χ0) is 12.4. The van der Waals surface area contributed by atoms with Crippen molar-refractivity contribution in [1.29, 1.82) is 0 Å². The van der Waals surface area contributed by atoms with Crippen LogP contribution in [0.25, 0.3) is 16.9 Å². The SMILES string of the molecule is Brc1cccc(-c2cnn(-c3cccnn3)c2)c1. The zero-order valence-electron chi connectivity index (χ0n) is 9.36. The smallest absolute Gasteiger partial charge is 0.175 e. The third-order valence-electron chi connectivity index (χ3n) is 2.53. The van der Waals surface area contributed by atoms with Crippen molar-refractivity contribution >= 4 is 15.9 Å². The first-order chi connectivity index (χ1) is 8.83. The van der Waals surface area contributed by atoms with E-state index in [9.17, 15) is 0 Å². The molecule has 2 aromatic heterocycles. The van der Waals surface area contributed by atoms with Gasteiger partial charge in [0.1, 0.15) is 0 Å². The van der Waals surface area contributed by atoms with Crippen molar-refractivity contribution in [2.75, 3.05) is 0 Å². The first-order valence-electron chi connectivity index (χ1n) is 5.41. The van der Waals surface area contributed by atoms with E-state index >= 15 is 0 Å². The number of hydrogen-bond acceptors (Lipinski definition) is 3. The van der Waals surface area contributed by atoms with Gasteiger partial charge in [-0.3, -0.25) is 0 Å². The lowest BCUT2D eigenvalue weighted by molar-refractivity contribution is 0.814. The Bertz CT molecular complexity index is 664. The molecule has 4 nitrogen and oxygen atoms in total. The Kier molecular flexibility index (Phi) is 2.90. The Hall–Kier alpha value is -2.01. The van der Waals surface area contributed by atoms with Gasteiger partial charge in [-0.25, -0.2) is 4.68 Å². The standard InChI is InChI=1S/C13H9BrN4/c14-12-4-1-3-10(7-12)11-8-16-18(9-11)13-5-2-6-15-17-13/h1-9H. The summed E-state index contributed by atoms with van der Waals surface area (Å²) in [7, 11) is 0. The fourth-order valence-electron chi connectivity index (χ4n) is 1.68. The van der Waals surface area contributed by atoms with Gasteiger partial charge in [-0.1, -0.05) is 28.1 Å². The zero-order valence-corrected chi connectivity index (χ0v) is 10.9. The summed E-state index contributed by atoms with van der Waals surface area (Å²) in [6.07, 6.45) is 5.39. The van der Waals surface area contributed by atoms with E-state index in [-0.39, 0.29) is 0 Å². The van der Waals surface area contributed by atoms with Crippen LogP contribution in [-0.2, 0) is 0 Å². The van der Waals surface area contributed by atoms with Gasteiger partial charge in [-0.15, -0.1) is 5.10 Å². The molecule has 88 valence electrons. The highest BCUT2D eigenvalue weighted by Crippen LogP contribution is 2.22. The van der Waals surface area contributed by atoms with Crippen LogP contribution in [0.4, 0.5) is 0 Å². The monoisotopic (exact) mass is 300 g/mol. The predicted molar refractivity (Wildman–Crippen MR) is 72.3 cm³/mol. The summed E-state index contributed by atoms with van der Waals surface area (Å²) in [6, 6.07) is 11.8. The maximum atomic E-state index is 4.29.